The Labute approximate surface area is 189 Å². The molecule has 2 N–H and O–H groups in total. The van der Waals surface area contributed by atoms with Crippen molar-refractivity contribution in [1.82, 2.24) is 15.5 Å². The topological polar surface area (TPSA) is 58.1 Å². The SMILES string of the molecule is CN=C(NCCN(C(C)C)C(C)C)NCc1cc(OC)c(OC)cc1Br.I. The van der Waals surface area contributed by atoms with Gasteiger partial charge in [-0.15, -0.1) is 24.0 Å². The van der Waals surface area contributed by atoms with Gasteiger partial charge in [0.25, 0.3) is 0 Å². The summed E-state index contributed by atoms with van der Waals surface area (Å²) in [7, 11) is 5.05. The molecule has 1 aromatic carbocycles. The lowest BCUT2D eigenvalue weighted by atomic mass is 10.2. The first kappa shape index (κ1) is 26.3. The van der Waals surface area contributed by atoms with Crippen LogP contribution in [0.25, 0.3) is 0 Å². The molecular weight excluding hydrogens is 523 g/mol. The molecule has 0 saturated carbocycles. The van der Waals surface area contributed by atoms with E-state index in [1.54, 1.807) is 21.3 Å². The number of hydrogen-bond acceptors (Lipinski definition) is 4. The molecule has 0 atom stereocenters. The highest BCUT2D eigenvalue weighted by Crippen LogP contribution is 2.33. The maximum Gasteiger partial charge on any atom is 0.191 e. The fraction of sp³-hybridized carbons (Fsp3) is 0.632. The number of guanidine groups is 1. The minimum absolute atomic E-state index is 0. The van der Waals surface area contributed by atoms with Gasteiger partial charge in [0.1, 0.15) is 0 Å². The van der Waals surface area contributed by atoms with E-state index in [0.29, 0.717) is 30.1 Å². The number of nitrogens with one attached hydrogen (secondary N) is 2. The zero-order valence-corrected chi connectivity index (χ0v) is 21.3. The summed E-state index contributed by atoms with van der Waals surface area (Å²) in [5.41, 5.74) is 1.07. The Balaban J connectivity index is 0.00000676. The van der Waals surface area contributed by atoms with Gasteiger partial charge < -0.3 is 20.1 Å². The molecule has 156 valence electrons. The van der Waals surface area contributed by atoms with E-state index in [9.17, 15) is 0 Å². The molecular formula is C19H34BrIN4O2. The number of aliphatic imine (C=N–C) groups is 1. The van der Waals surface area contributed by atoms with Crippen LogP contribution >= 0.6 is 39.9 Å². The van der Waals surface area contributed by atoms with Gasteiger partial charge >= 0.3 is 0 Å². The monoisotopic (exact) mass is 556 g/mol. The van der Waals surface area contributed by atoms with Crippen LogP contribution < -0.4 is 20.1 Å². The molecule has 0 aliphatic heterocycles. The highest BCUT2D eigenvalue weighted by molar-refractivity contribution is 14.0. The Morgan fingerprint density at radius 3 is 2.11 bits per heavy atom. The Morgan fingerprint density at radius 2 is 1.63 bits per heavy atom. The van der Waals surface area contributed by atoms with E-state index in [2.05, 4.69) is 64.2 Å². The van der Waals surface area contributed by atoms with Crippen molar-refractivity contribution in [1.29, 1.82) is 0 Å². The maximum atomic E-state index is 5.38. The fourth-order valence-corrected chi connectivity index (χ4v) is 3.31. The van der Waals surface area contributed by atoms with Crippen molar-refractivity contribution in [3.63, 3.8) is 0 Å². The van der Waals surface area contributed by atoms with Crippen LogP contribution in [0.2, 0.25) is 0 Å². The highest BCUT2D eigenvalue weighted by atomic mass is 127. The first-order valence-corrected chi connectivity index (χ1v) is 9.73. The van der Waals surface area contributed by atoms with Crippen molar-refractivity contribution in [3.8, 4) is 11.5 Å². The molecule has 0 heterocycles. The van der Waals surface area contributed by atoms with Crippen LogP contribution in [-0.2, 0) is 6.54 Å². The molecule has 0 spiro atoms. The van der Waals surface area contributed by atoms with E-state index in [1.807, 2.05) is 12.1 Å². The van der Waals surface area contributed by atoms with E-state index in [-0.39, 0.29) is 24.0 Å². The van der Waals surface area contributed by atoms with Gasteiger partial charge in [-0.05, 0) is 45.4 Å². The zero-order valence-electron chi connectivity index (χ0n) is 17.4. The van der Waals surface area contributed by atoms with Gasteiger partial charge in [0.15, 0.2) is 17.5 Å². The van der Waals surface area contributed by atoms with Crippen LogP contribution in [0.3, 0.4) is 0 Å². The number of hydrogen-bond donors (Lipinski definition) is 2. The average Bonchev–Trinajstić information content (AvgIpc) is 2.60. The second-order valence-corrected chi connectivity index (χ2v) is 7.43. The number of benzene rings is 1. The lowest BCUT2D eigenvalue weighted by Crippen LogP contribution is -2.45. The summed E-state index contributed by atoms with van der Waals surface area (Å²) in [6.07, 6.45) is 0. The molecule has 0 fully saturated rings. The first-order chi connectivity index (χ1) is 12.3. The van der Waals surface area contributed by atoms with Gasteiger partial charge in [0.05, 0.1) is 14.2 Å². The predicted octanol–water partition coefficient (Wildman–Crippen LogP) is 3.87. The Morgan fingerprint density at radius 1 is 1.07 bits per heavy atom. The third-order valence-electron chi connectivity index (χ3n) is 4.21. The van der Waals surface area contributed by atoms with Crippen molar-refractivity contribution in [2.24, 2.45) is 4.99 Å². The summed E-state index contributed by atoms with van der Waals surface area (Å²) in [6, 6.07) is 4.92. The summed E-state index contributed by atoms with van der Waals surface area (Å²) >= 11 is 3.58. The van der Waals surface area contributed by atoms with E-state index >= 15 is 0 Å². The van der Waals surface area contributed by atoms with Crippen molar-refractivity contribution < 1.29 is 9.47 Å². The van der Waals surface area contributed by atoms with Crippen LogP contribution in [0.5, 0.6) is 11.5 Å². The van der Waals surface area contributed by atoms with Gasteiger partial charge in [-0.25, -0.2) is 0 Å². The fourth-order valence-electron chi connectivity index (χ4n) is 2.85. The number of halogens is 2. The summed E-state index contributed by atoms with van der Waals surface area (Å²) in [6.45, 7) is 11.3. The van der Waals surface area contributed by atoms with Crippen molar-refractivity contribution in [2.45, 2.75) is 46.3 Å². The number of nitrogens with zero attached hydrogens (tertiary/aromatic N) is 2. The van der Waals surface area contributed by atoms with Gasteiger partial charge in [-0.1, -0.05) is 15.9 Å². The molecule has 1 aromatic rings. The van der Waals surface area contributed by atoms with Crippen LogP contribution in [0.1, 0.15) is 33.3 Å². The summed E-state index contributed by atoms with van der Waals surface area (Å²) in [4.78, 5) is 6.75. The molecule has 0 bridgehead atoms. The van der Waals surface area contributed by atoms with Crippen molar-refractivity contribution in [2.75, 3.05) is 34.4 Å². The van der Waals surface area contributed by atoms with Gasteiger partial charge in [-0.3, -0.25) is 9.89 Å². The zero-order chi connectivity index (χ0) is 19.7. The van der Waals surface area contributed by atoms with Crippen LogP contribution in [0.15, 0.2) is 21.6 Å². The first-order valence-electron chi connectivity index (χ1n) is 8.94. The predicted molar refractivity (Wildman–Crippen MR) is 128 cm³/mol. The standard InChI is InChI=1S/C19H33BrN4O2.HI/c1-13(2)24(14(3)4)9-8-22-19(21-5)23-12-15-10-17(25-6)18(26-7)11-16(15)20;/h10-11,13-14H,8-9,12H2,1-7H3,(H2,21,22,23);1H. The summed E-state index contributed by atoms with van der Waals surface area (Å²) in [5, 5.41) is 6.72. The molecule has 0 aliphatic carbocycles. The lowest BCUT2D eigenvalue weighted by Gasteiger charge is -2.30. The minimum atomic E-state index is 0. The highest BCUT2D eigenvalue weighted by Gasteiger charge is 2.13. The third-order valence-corrected chi connectivity index (χ3v) is 4.95. The van der Waals surface area contributed by atoms with Crippen LogP contribution in [0.4, 0.5) is 0 Å². The molecule has 0 aliphatic rings. The number of methoxy groups -OCH3 is 2. The molecule has 0 amide bonds. The number of ether oxygens (including phenoxy) is 2. The smallest absolute Gasteiger partial charge is 0.191 e. The second kappa shape index (κ2) is 13.4. The quantitative estimate of drug-likeness (QED) is 0.275. The number of rotatable bonds is 9. The van der Waals surface area contributed by atoms with E-state index < -0.39 is 0 Å². The largest absolute Gasteiger partial charge is 0.493 e. The Hall–Kier alpha value is -0.740. The molecule has 8 heteroatoms. The summed E-state index contributed by atoms with van der Waals surface area (Å²) in [5.74, 6) is 2.19. The van der Waals surface area contributed by atoms with Crippen LogP contribution in [0, 0.1) is 0 Å². The van der Waals surface area contributed by atoms with E-state index in [1.165, 1.54) is 0 Å². The minimum Gasteiger partial charge on any atom is -0.493 e. The molecule has 6 nitrogen and oxygen atoms in total. The molecule has 0 saturated heterocycles. The normalized spacial score (nSPS) is 11.6. The van der Waals surface area contributed by atoms with E-state index in [0.717, 1.165) is 29.1 Å². The second-order valence-electron chi connectivity index (χ2n) is 6.58. The Kier molecular flexibility index (Phi) is 13.1. The van der Waals surface area contributed by atoms with Crippen LogP contribution in [-0.4, -0.2) is 57.3 Å². The van der Waals surface area contributed by atoms with Gasteiger partial charge in [-0.2, -0.15) is 0 Å². The lowest BCUT2D eigenvalue weighted by molar-refractivity contribution is 0.178. The molecule has 0 aromatic heterocycles. The molecule has 0 radical (unpaired) electrons. The van der Waals surface area contributed by atoms with Gasteiger partial charge in [0.2, 0.25) is 0 Å². The Bertz CT molecular complexity index is 589. The van der Waals surface area contributed by atoms with Crippen molar-refractivity contribution >= 4 is 45.9 Å². The molecule has 1 rings (SSSR count). The summed E-state index contributed by atoms with van der Waals surface area (Å²) < 4.78 is 11.7. The maximum absolute atomic E-state index is 5.38. The third kappa shape index (κ3) is 8.43. The molecule has 27 heavy (non-hydrogen) atoms. The average molecular weight is 557 g/mol. The van der Waals surface area contributed by atoms with Crippen molar-refractivity contribution in [3.05, 3.63) is 22.2 Å². The van der Waals surface area contributed by atoms with E-state index in [4.69, 9.17) is 9.47 Å². The molecule has 0 unspecified atom stereocenters. The van der Waals surface area contributed by atoms with Gasteiger partial charge in [0, 0.05) is 43.2 Å².